The maximum absolute atomic E-state index is 11.6. The first kappa shape index (κ1) is 26.2. The highest BCUT2D eigenvalue weighted by atomic mass is 16.4. The highest BCUT2D eigenvalue weighted by molar-refractivity contribution is 6.03. The summed E-state index contributed by atoms with van der Waals surface area (Å²) < 4.78 is 0. The lowest BCUT2D eigenvalue weighted by Gasteiger charge is -2.12. The molecule has 0 atom stereocenters. The molecule has 0 saturated carbocycles. The molecule has 30 heavy (non-hydrogen) atoms. The van der Waals surface area contributed by atoms with E-state index in [1.165, 1.54) is 70.3 Å². The summed E-state index contributed by atoms with van der Waals surface area (Å²) in [6, 6.07) is 3.12. The third-order valence-electron chi connectivity index (χ3n) is 5.95. The van der Waals surface area contributed by atoms with Crippen LogP contribution >= 0.6 is 0 Å². The number of rotatable bonds is 17. The van der Waals surface area contributed by atoms with E-state index in [9.17, 15) is 19.8 Å². The standard InChI is InChI=1S/C26H42O4/c1-20(2)16-14-12-10-8-6-4-5-7-9-11-13-15-17-22-21(3)18-19-23(25(27)28)24(22)26(29)30/h18-20H,4-17H2,1-3H3,(H,27,28)(H,29,30). The number of hydrogen-bond acceptors (Lipinski definition) is 2. The molecule has 0 aromatic heterocycles. The summed E-state index contributed by atoms with van der Waals surface area (Å²) in [4.78, 5) is 22.9. The predicted octanol–water partition coefficient (Wildman–Crippen LogP) is 7.66. The molecule has 0 radical (unpaired) electrons. The fourth-order valence-corrected chi connectivity index (χ4v) is 4.12. The summed E-state index contributed by atoms with van der Waals surface area (Å²) in [5.74, 6) is -1.49. The van der Waals surface area contributed by atoms with Crippen molar-refractivity contribution in [2.45, 2.75) is 111 Å². The van der Waals surface area contributed by atoms with Gasteiger partial charge >= 0.3 is 11.9 Å². The van der Waals surface area contributed by atoms with Crippen molar-refractivity contribution in [3.05, 3.63) is 34.4 Å². The van der Waals surface area contributed by atoms with Gasteiger partial charge in [-0.05, 0) is 42.9 Å². The zero-order valence-corrected chi connectivity index (χ0v) is 19.3. The number of carbonyl (C=O) groups is 2. The van der Waals surface area contributed by atoms with Gasteiger partial charge in [0.25, 0.3) is 0 Å². The second-order valence-electron chi connectivity index (χ2n) is 9.07. The number of hydrogen-bond donors (Lipinski definition) is 2. The van der Waals surface area contributed by atoms with Gasteiger partial charge in [-0.2, -0.15) is 0 Å². The number of carboxylic acid groups (broad SMARTS) is 2. The average molecular weight is 419 g/mol. The SMILES string of the molecule is Cc1ccc(C(=O)O)c(C(=O)O)c1CCCCCCCCCCCCCCC(C)C. The summed E-state index contributed by atoms with van der Waals surface area (Å²) in [6.07, 6.45) is 17.2. The summed E-state index contributed by atoms with van der Waals surface area (Å²) >= 11 is 0. The predicted molar refractivity (Wildman–Crippen MR) is 124 cm³/mol. The Morgan fingerprint density at radius 1 is 0.733 bits per heavy atom. The molecule has 170 valence electrons. The molecule has 1 aromatic rings. The Morgan fingerprint density at radius 3 is 1.63 bits per heavy atom. The van der Waals surface area contributed by atoms with Crippen molar-refractivity contribution in [3.8, 4) is 0 Å². The van der Waals surface area contributed by atoms with E-state index in [0.717, 1.165) is 30.7 Å². The smallest absolute Gasteiger partial charge is 0.336 e. The molecule has 0 spiro atoms. The van der Waals surface area contributed by atoms with Crippen LogP contribution in [0.5, 0.6) is 0 Å². The molecule has 1 aromatic carbocycles. The van der Waals surface area contributed by atoms with Crippen LogP contribution in [0, 0.1) is 12.8 Å². The maximum atomic E-state index is 11.6. The van der Waals surface area contributed by atoms with E-state index in [4.69, 9.17) is 0 Å². The number of aromatic carboxylic acids is 2. The third-order valence-corrected chi connectivity index (χ3v) is 5.95. The first-order valence-electron chi connectivity index (χ1n) is 11.9. The minimum Gasteiger partial charge on any atom is -0.478 e. The van der Waals surface area contributed by atoms with E-state index >= 15 is 0 Å². The second-order valence-corrected chi connectivity index (χ2v) is 9.07. The summed E-state index contributed by atoms with van der Waals surface area (Å²) in [7, 11) is 0. The van der Waals surface area contributed by atoms with Crippen LogP contribution in [0.4, 0.5) is 0 Å². The Hall–Kier alpha value is -1.84. The lowest BCUT2D eigenvalue weighted by molar-refractivity contribution is 0.0650. The molecule has 0 aliphatic heterocycles. The van der Waals surface area contributed by atoms with Crippen LogP contribution in [0.15, 0.2) is 12.1 Å². The third kappa shape index (κ3) is 10.3. The fourth-order valence-electron chi connectivity index (χ4n) is 4.12. The van der Waals surface area contributed by atoms with Gasteiger partial charge in [0, 0.05) is 0 Å². The fraction of sp³-hybridized carbons (Fsp3) is 0.692. The minimum atomic E-state index is -1.18. The van der Waals surface area contributed by atoms with Gasteiger partial charge in [-0.3, -0.25) is 0 Å². The Bertz CT molecular complexity index is 649. The molecule has 0 unspecified atom stereocenters. The molecule has 0 bridgehead atoms. The van der Waals surface area contributed by atoms with Crippen LogP contribution in [0.2, 0.25) is 0 Å². The first-order valence-corrected chi connectivity index (χ1v) is 11.9. The summed E-state index contributed by atoms with van der Waals surface area (Å²) in [6.45, 7) is 6.45. The van der Waals surface area contributed by atoms with Crippen LogP contribution < -0.4 is 0 Å². The average Bonchev–Trinajstić information content (AvgIpc) is 2.68. The molecule has 0 saturated heterocycles. The number of unbranched alkanes of at least 4 members (excludes halogenated alkanes) is 11. The first-order chi connectivity index (χ1) is 14.3. The molecular weight excluding hydrogens is 376 g/mol. The van der Waals surface area contributed by atoms with Gasteiger partial charge in [0.05, 0.1) is 11.1 Å². The lowest BCUT2D eigenvalue weighted by atomic mass is 9.92. The Morgan fingerprint density at radius 2 is 1.20 bits per heavy atom. The normalized spacial score (nSPS) is 11.2. The van der Waals surface area contributed by atoms with Gasteiger partial charge in [-0.25, -0.2) is 9.59 Å². The van der Waals surface area contributed by atoms with Crippen LogP contribution in [0.3, 0.4) is 0 Å². The van der Waals surface area contributed by atoms with Gasteiger partial charge in [0.2, 0.25) is 0 Å². The Balaban J connectivity index is 2.16. The largest absolute Gasteiger partial charge is 0.478 e. The molecule has 0 fully saturated rings. The van der Waals surface area contributed by atoms with Crippen molar-refractivity contribution in [1.82, 2.24) is 0 Å². The van der Waals surface area contributed by atoms with E-state index in [-0.39, 0.29) is 11.1 Å². The van der Waals surface area contributed by atoms with Crippen LogP contribution in [-0.2, 0) is 6.42 Å². The van der Waals surface area contributed by atoms with E-state index < -0.39 is 11.9 Å². The molecule has 4 heteroatoms. The highest BCUT2D eigenvalue weighted by Crippen LogP contribution is 2.22. The van der Waals surface area contributed by atoms with Gasteiger partial charge in [0.15, 0.2) is 0 Å². The van der Waals surface area contributed by atoms with E-state index in [1.807, 2.05) is 6.92 Å². The van der Waals surface area contributed by atoms with Crippen LogP contribution in [-0.4, -0.2) is 22.2 Å². The van der Waals surface area contributed by atoms with Crippen LogP contribution in [0.1, 0.15) is 129 Å². The van der Waals surface area contributed by atoms with E-state index in [2.05, 4.69) is 13.8 Å². The van der Waals surface area contributed by atoms with Gasteiger partial charge in [-0.15, -0.1) is 0 Å². The van der Waals surface area contributed by atoms with Crippen molar-refractivity contribution in [1.29, 1.82) is 0 Å². The molecule has 0 heterocycles. The van der Waals surface area contributed by atoms with Crippen molar-refractivity contribution in [2.24, 2.45) is 5.92 Å². The second kappa shape index (κ2) is 15.0. The topological polar surface area (TPSA) is 74.6 Å². The lowest BCUT2D eigenvalue weighted by Crippen LogP contribution is -2.13. The highest BCUT2D eigenvalue weighted by Gasteiger charge is 2.21. The van der Waals surface area contributed by atoms with Crippen molar-refractivity contribution >= 4 is 11.9 Å². The number of aryl methyl sites for hydroxylation is 1. The number of carboxylic acids is 2. The zero-order valence-electron chi connectivity index (χ0n) is 19.3. The van der Waals surface area contributed by atoms with Gasteiger partial charge < -0.3 is 10.2 Å². The van der Waals surface area contributed by atoms with Crippen molar-refractivity contribution < 1.29 is 19.8 Å². The van der Waals surface area contributed by atoms with E-state index in [1.54, 1.807) is 6.07 Å². The van der Waals surface area contributed by atoms with Gasteiger partial charge in [0.1, 0.15) is 0 Å². The molecule has 0 amide bonds. The Labute approximate surface area is 183 Å². The molecule has 0 aliphatic rings. The molecule has 0 aliphatic carbocycles. The maximum Gasteiger partial charge on any atom is 0.336 e. The van der Waals surface area contributed by atoms with Crippen molar-refractivity contribution in [3.63, 3.8) is 0 Å². The summed E-state index contributed by atoms with van der Waals surface area (Å²) in [5, 5.41) is 18.8. The quantitative estimate of drug-likeness (QED) is 0.255. The molecular formula is C26H42O4. The van der Waals surface area contributed by atoms with Gasteiger partial charge in [-0.1, -0.05) is 97.0 Å². The minimum absolute atomic E-state index is 0.0355. The number of benzene rings is 1. The molecule has 1 rings (SSSR count). The molecule has 2 N–H and O–H groups in total. The van der Waals surface area contributed by atoms with Crippen LogP contribution in [0.25, 0.3) is 0 Å². The summed E-state index contributed by atoms with van der Waals surface area (Å²) in [5.41, 5.74) is 1.40. The molecule has 4 nitrogen and oxygen atoms in total. The van der Waals surface area contributed by atoms with Crippen molar-refractivity contribution in [2.75, 3.05) is 0 Å². The Kier molecular flexibility index (Phi) is 13.1. The zero-order chi connectivity index (χ0) is 22.4. The monoisotopic (exact) mass is 418 g/mol. The van der Waals surface area contributed by atoms with E-state index in [0.29, 0.717) is 12.0 Å².